The molecule has 124 valence electrons. The third kappa shape index (κ3) is 4.69. The molecule has 23 heavy (non-hydrogen) atoms. The number of benzene rings is 2. The molecule has 0 unspecified atom stereocenters. The summed E-state index contributed by atoms with van der Waals surface area (Å²) in [4.78, 5) is 0. The van der Waals surface area contributed by atoms with Gasteiger partial charge in [-0.05, 0) is 41.3 Å². The number of ether oxygens (including phenoxy) is 1. The molecule has 0 fully saturated rings. The number of anilines is 1. The molecule has 0 aliphatic heterocycles. The molecule has 0 heterocycles. The molecule has 0 saturated heterocycles. The molecule has 2 rings (SSSR count). The highest BCUT2D eigenvalue weighted by Gasteiger charge is 2.15. The number of nitrogens with one attached hydrogen (secondary N) is 1. The zero-order valence-electron chi connectivity index (χ0n) is 13.3. The van der Waals surface area contributed by atoms with Crippen molar-refractivity contribution >= 4 is 15.7 Å². The van der Waals surface area contributed by atoms with Gasteiger partial charge in [0.2, 0.25) is 10.0 Å². The summed E-state index contributed by atoms with van der Waals surface area (Å²) in [5.41, 5.74) is 1.96. The van der Waals surface area contributed by atoms with Crippen molar-refractivity contribution in [1.82, 2.24) is 0 Å². The van der Waals surface area contributed by atoms with Crippen LogP contribution >= 0.6 is 0 Å². The minimum absolute atomic E-state index is 0.234. The van der Waals surface area contributed by atoms with E-state index in [9.17, 15) is 12.8 Å². The highest BCUT2D eigenvalue weighted by Crippen LogP contribution is 2.29. The quantitative estimate of drug-likeness (QED) is 0.870. The van der Waals surface area contributed by atoms with Crippen LogP contribution in [0.3, 0.4) is 0 Å². The number of rotatable bonds is 6. The molecule has 1 N–H and O–H groups in total. The average Bonchev–Trinajstić information content (AvgIpc) is 2.49. The summed E-state index contributed by atoms with van der Waals surface area (Å²) in [6.45, 7) is 4.10. The predicted octanol–water partition coefficient (Wildman–Crippen LogP) is 3.90. The largest absolute Gasteiger partial charge is 0.495 e. The smallest absolute Gasteiger partial charge is 0.237 e. The Kier molecular flexibility index (Phi) is 5.26. The van der Waals surface area contributed by atoms with Crippen LogP contribution in [0.2, 0.25) is 0 Å². The third-order valence-electron chi connectivity index (χ3n) is 3.43. The van der Waals surface area contributed by atoms with Gasteiger partial charge in [-0.2, -0.15) is 0 Å². The van der Waals surface area contributed by atoms with Gasteiger partial charge in [0.05, 0.1) is 18.6 Å². The van der Waals surface area contributed by atoms with Crippen molar-refractivity contribution in [3.8, 4) is 5.75 Å². The molecule has 0 aliphatic carbocycles. The van der Waals surface area contributed by atoms with Crippen LogP contribution in [0.5, 0.6) is 5.75 Å². The minimum atomic E-state index is -3.62. The zero-order chi connectivity index (χ0) is 17.0. The van der Waals surface area contributed by atoms with Crippen molar-refractivity contribution in [1.29, 1.82) is 0 Å². The molecule has 2 aromatic carbocycles. The van der Waals surface area contributed by atoms with E-state index < -0.39 is 15.8 Å². The Hall–Kier alpha value is -2.08. The van der Waals surface area contributed by atoms with Gasteiger partial charge in [-0.3, -0.25) is 4.72 Å². The molecule has 6 heteroatoms. The van der Waals surface area contributed by atoms with Gasteiger partial charge in [0.25, 0.3) is 0 Å². The SMILES string of the molecule is COc1cc(C(C)C)ccc1NS(=O)(=O)Cc1ccc(F)cc1. The van der Waals surface area contributed by atoms with Gasteiger partial charge in [0.1, 0.15) is 11.6 Å². The van der Waals surface area contributed by atoms with Gasteiger partial charge in [-0.15, -0.1) is 0 Å². The maximum atomic E-state index is 12.9. The highest BCUT2D eigenvalue weighted by molar-refractivity contribution is 7.91. The summed E-state index contributed by atoms with van der Waals surface area (Å²) in [6, 6.07) is 10.8. The monoisotopic (exact) mass is 337 g/mol. The molecule has 0 amide bonds. The van der Waals surface area contributed by atoms with Crippen LogP contribution in [0, 0.1) is 5.82 Å². The van der Waals surface area contributed by atoms with E-state index >= 15 is 0 Å². The van der Waals surface area contributed by atoms with Crippen LogP contribution in [-0.2, 0) is 15.8 Å². The molecule has 0 radical (unpaired) electrons. The van der Waals surface area contributed by atoms with Gasteiger partial charge in [-0.1, -0.05) is 32.0 Å². The van der Waals surface area contributed by atoms with E-state index in [1.165, 1.54) is 31.4 Å². The van der Waals surface area contributed by atoms with Crippen LogP contribution in [0.1, 0.15) is 30.9 Å². The first-order valence-electron chi connectivity index (χ1n) is 7.23. The molecule has 0 bridgehead atoms. The first-order chi connectivity index (χ1) is 10.8. The fraction of sp³-hybridized carbons (Fsp3) is 0.294. The van der Waals surface area contributed by atoms with Crippen molar-refractivity contribution < 1.29 is 17.5 Å². The maximum Gasteiger partial charge on any atom is 0.237 e. The average molecular weight is 337 g/mol. The summed E-state index contributed by atoms with van der Waals surface area (Å²) >= 11 is 0. The van der Waals surface area contributed by atoms with Crippen molar-refractivity contribution in [2.75, 3.05) is 11.8 Å². The van der Waals surface area contributed by atoms with Gasteiger partial charge in [0.15, 0.2) is 0 Å². The van der Waals surface area contributed by atoms with E-state index in [1.54, 1.807) is 6.07 Å². The van der Waals surface area contributed by atoms with Crippen LogP contribution < -0.4 is 9.46 Å². The van der Waals surface area contributed by atoms with Crippen LogP contribution in [0.4, 0.5) is 10.1 Å². The molecular formula is C17H20FNO3S. The Bertz CT molecular complexity index is 771. The zero-order valence-corrected chi connectivity index (χ0v) is 14.2. The fourth-order valence-electron chi connectivity index (χ4n) is 2.15. The van der Waals surface area contributed by atoms with Gasteiger partial charge < -0.3 is 4.74 Å². The summed E-state index contributed by atoms with van der Waals surface area (Å²) in [6.07, 6.45) is 0. The Morgan fingerprint density at radius 3 is 2.35 bits per heavy atom. The predicted molar refractivity (Wildman–Crippen MR) is 89.7 cm³/mol. The lowest BCUT2D eigenvalue weighted by atomic mass is 10.0. The third-order valence-corrected chi connectivity index (χ3v) is 4.67. The second kappa shape index (κ2) is 7.00. The van der Waals surface area contributed by atoms with Gasteiger partial charge in [0, 0.05) is 0 Å². The van der Waals surface area contributed by atoms with E-state index in [0.29, 0.717) is 22.9 Å². The second-order valence-electron chi connectivity index (χ2n) is 5.60. The van der Waals surface area contributed by atoms with E-state index in [-0.39, 0.29) is 5.75 Å². The lowest BCUT2D eigenvalue weighted by molar-refractivity contribution is 0.416. The highest BCUT2D eigenvalue weighted by atomic mass is 32.2. The standard InChI is InChI=1S/C17H20FNO3S/c1-12(2)14-6-9-16(17(10-14)22-3)19-23(20,21)11-13-4-7-15(18)8-5-13/h4-10,12,19H,11H2,1-3H3. The van der Waals surface area contributed by atoms with Crippen molar-refractivity contribution in [3.05, 3.63) is 59.4 Å². The minimum Gasteiger partial charge on any atom is -0.495 e. The van der Waals surface area contributed by atoms with Crippen molar-refractivity contribution in [2.45, 2.75) is 25.5 Å². The Balaban J connectivity index is 2.21. The molecule has 4 nitrogen and oxygen atoms in total. The Labute approximate surface area is 136 Å². The van der Waals surface area contributed by atoms with Crippen molar-refractivity contribution in [2.24, 2.45) is 0 Å². The lowest BCUT2D eigenvalue weighted by Gasteiger charge is -2.14. The summed E-state index contributed by atoms with van der Waals surface area (Å²) < 4.78 is 45.2. The molecule has 0 aromatic heterocycles. The number of methoxy groups -OCH3 is 1. The molecule has 0 saturated carbocycles. The van der Waals surface area contributed by atoms with Gasteiger partial charge >= 0.3 is 0 Å². The van der Waals surface area contributed by atoms with E-state index in [0.717, 1.165) is 5.56 Å². The molecule has 0 atom stereocenters. The summed E-state index contributed by atoms with van der Waals surface area (Å²) in [5.74, 6) is 0.153. The van der Waals surface area contributed by atoms with E-state index in [2.05, 4.69) is 4.72 Å². The van der Waals surface area contributed by atoms with Crippen LogP contribution in [-0.4, -0.2) is 15.5 Å². The molecule has 0 aliphatic rings. The van der Waals surface area contributed by atoms with Crippen molar-refractivity contribution in [3.63, 3.8) is 0 Å². The Morgan fingerprint density at radius 2 is 1.78 bits per heavy atom. The second-order valence-corrected chi connectivity index (χ2v) is 7.32. The first kappa shape index (κ1) is 17.3. The number of halogens is 1. The van der Waals surface area contributed by atoms with Crippen LogP contribution in [0.15, 0.2) is 42.5 Å². The maximum absolute atomic E-state index is 12.9. The number of hydrogen-bond acceptors (Lipinski definition) is 3. The molecule has 2 aromatic rings. The van der Waals surface area contributed by atoms with E-state index in [4.69, 9.17) is 4.74 Å². The normalized spacial score (nSPS) is 11.5. The lowest BCUT2D eigenvalue weighted by Crippen LogP contribution is -2.15. The number of hydrogen-bond donors (Lipinski definition) is 1. The molecular weight excluding hydrogens is 317 g/mol. The van der Waals surface area contributed by atoms with E-state index in [1.807, 2.05) is 26.0 Å². The summed E-state index contributed by atoms with van der Waals surface area (Å²) in [7, 11) is -2.12. The summed E-state index contributed by atoms with van der Waals surface area (Å²) in [5, 5.41) is 0. The molecule has 0 spiro atoms. The Morgan fingerprint density at radius 1 is 1.13 bits per heavy atom. The fourth-order valence-corrected chi connectivity index (χ4v) is 3.36. The van der Waals surface area contributed by atoms with Crippen LogP contribution in [0.25, 0.3) is 0 Å². The number of sulfonamides is 1. The first-order valence-corrected chi connectivity index (χ1v) is 8.89. The topological polar surface area (TPSA) is 55.4 Å². The van der Waals surface area contributed by atoms with Gasteiger partial charge in [-0.25, -0.2) is 12.8 Å².